The Hall–Kier alpha value is -1.40. The molecule has 0 spiro atoms. The van der Waals surface area contributed by atoms with Crippen molar-refractivity contribution in [1.82, 2.24) is 9.97 Å². The molecule has 6 heteroatoms. The molecule has 2 rings (SSSR count). The van der Waals surface area contributed by atoms with Crippen LogP contribution in [0.2, 0.25) is 0 Å². The first-order valence-corrected chi connectivity index (χ1v) is 7.23. The first-order valence-electron chi connectivity index (χ1n) is 5.56. The van der Waals surface area contributed by atoms with Gasteiger partial charge in [-0.3, -0.25) is 4.79 Å². The number of thioether (sulfide) groups is 1. The number of hydrogen-bond donors (Lipinski definition) is 1. The molecular weight excluding hydrogens is 328 g/mol. The molecule has 1 atom stereocenters. The van der Waals surface area contributed by atoms with Gasteiger partial charge in [-0.2, -0.15) is 0 Å². The molecule has 0 aliphatic rings. The molecule has 0 aliphatic heterocycles. The Balaban J connectivity index is 2.08. The molecule has 0 saturated heterocycles. The fraction of sp³-hybridized carbons (Fsp3) is 0.154. The summed E-state index contributed by atoms with van der Waals surface area (Å²) in [5.74, 6) is -0.861. The van der Waals surface area contributed by atoms with Crippen LogP contribution in [-0.2, 0) is 11.2 Å². The normalized spacial score (nSPS) is 12.1. The lowest BCUT2D eigenvalue weighted by Gasteiger charge is -2.10. The second-order valence-electron chi connectivity index (χ2n) is 3.82. The smallest absolute Gasteiger partial charge is 0.317 e. The SMILES string of the molecule is O=C(O)C(Cc1ccccc1)Sc1ncc(Br)cn1. The van der Waals surface area contributed by atoms with Gasteiger partial charge >= 0.3 is 5.97 Å². The number of carboxylic acid groups (broad SMARTS) is 1. The molecule has 1 aromatic carbocycles. The molecule has 1 N–H and O–H groups in total. The van der Waals surface area contributed by atoms with Gasteiger partial charge < -0.3 is 5.11 Å². The summed E-state index contributed by atoms with van der Waals surface area (Å²) in [4.78, 5) is 19.5. The van der Waals surface area contributed by atoms with Crippen molar-refractivity contribution in [2.75, 3.05) is 0 Å². The Morgan fingerprint density at radius 1 is 1.26 bits per heavy atom. The third-order valence-corrected chi connectivity index (χ3v) is 3.87. The van der Waals surface area contributed by atoms with E-state index in [-0.39, 0.29) is 0 Å². The maximum Gasteiger partial charge on any atom is 0.317 e. The van der Waals surface area contributed by atoms with Crippen LogP contribution < -0.4 is 0 Å². The van der Waals surface area contributed by atoms with Crippen LogP contribution in [0.15, 0.2) is 52.4 Å². The number of nitrogens with zero attached hydrogens (tertiary/aromatic N) is 2. The lowest BCUT2D eigenvalue weighted by molar-refractivity contribution is -0.136. The fourth-order valence-electron chi connectivity index (χ4n) is 1.50. The van der Waals surface area contributed by atoms with Crippen LogP contribution in [0.4, 0.5) is 0 Å². The predicted molar refractivity (Wildman–Crippen MR) is 77.2 cm³/mol. The average molecular weight is 339 g/mol. The third-order valence-electron chi connectivity index (χ3n) is 2.38. The van der Waals surface area contributed by atoms with E-state index < -0.39 is 11.2 Å². The number of benzene rings is 1. The van der Waals surface area contributed by atoms with Crippen molar-refractivity contribution in [3.63, 3.8) is 0 Å². The van der Waals surface area contributed by atoms with Crippen molar-refractivity contribution < 1.29 is 9.90 Å². The number of halogens is 1. The molecule has 1 heterocycles. The highest BCUT2D eigenvalue weighted by Gasteiger charge is 2.20. The Kier molecular flexibility index (Phi) is 4.93. The largest absolute Gasteiger partial charge is 0.480 e. The monoisotopic (exact) mass is 338 g/mol. The number of rotatable bonds is 5. The summed E-state index contributed by atoms with van der Waals surface area (Å²) in [6.07, 6.45) is 3.66. The van der Waals surface area contributed by atoms with E-state index >= 15 is 0 Å². The number of aliphatic carboxylic acids is 1. The van der Waals surface area contributed by atoms with Gasteiger partial charge in [0, 0.05) is 12.4 Å². The summed E-state index contributed by atoms with van der Waals surface area (Å²) < 4.78 is 0.770. The van der Waals surface area contributed by atoms with Crippen molar-refractivity contribution in [3.8, 4) is 0 Å². The molecule has 4 nitrogen and oxygen atoms in total. The van der Waals surface area contributed by atoms with Crippen LogP contribution in [-0.4, -0.2) is 26.3 Å². The van der Waals surface area contributed by atoms with Gasteiger partial charge in [0.25, 0.3) is 0 Å². The average Bonchev–Trinajstić information content (AvgIpc) is 2.41. The Labute approximate surface area is 123 Å². The van der Waals surface area contributed by atoms with Gasteiger partial charge in [-0.25, -0.2) is 9.97 Å². The summed E-state index contributed by atoms with van der Waals surface area (Å²) in [6.45, 7) is 0. The lowest BCUT2D eigenvalue weighted by Crippen LogP contribution is -2.19. The van der Waals surface area contributed by atoms with Gasteiger partial charge in [0.05, 0.1) is 4.47 Å². The van der Waals surface area contributed by atoms with E-state index in [1.165, 1.54) is 0 Å². The van der Waals surface area contributed by atoms with Crippen molar-refractivity contribution in [2.45, 2.75) is 16.8 Å². The minimum atomic E-state index is -0.861. The van der Waals surface area contributed by atoms with Crippen LogP contribution in [0, 0.1) is 0 Å². The molecule has 98 valence electrons. The number of carboxylic acids is 1. The van der Waals surface area contributed by atoms with Gasteiger partial charge in [0.15, 0.2) is 5.16 Å². The first kappa shape index (κ1) is 14.0. The molecule has 1 unspecified atom stereocenters. The number of aromatic nitrogens is 2. The van der Waals surface area contributed by atoms with Crippen LogP contribution in [0.25, 0.3) is 0 Å². The van der Waals surface area contributed by atoms with E-state index in [4.69, 9.17) is 0 Å². The summed E-state index contributed by atoms with van der Waals surface area (Å²) in [5, 5.41) is 9.14. The maximum absolute atomic E-state index is 11.3. The molecular formula is C13H11BrN2O2S. The molecule has 2 aromatic rings. The summed E-state index contributed by atoms with van der Waals surface area (Å²) in [6, 6.07) is 9.53. The zero-order chi connectivity index (χ0) is 13.7. The standard InChI is InChI=1S/C13H11BrN2O2S/c14-10-7-15-13(16-8-10)19-11(12(17)18)6-9-4-2-1-3-5-9/h1-5,7-8,11H,6H2,(H,17,18). The van der Waals surface area contributed by atoms with E-state index in [1.54, 1.807) is 12.4 Å². The fourth-order valence-corrected chi connectivity index (χ4v) is 2.56. The van der Waals surface area contributed by atoms with E-state index in [2.05, 4.69) is 25.9 Å². The second-order valence-corrected chi connectivity index (χ2v) is 5.90. The minimum Gasteiger partial charge on any atom is -0.480 e. The van der Waals surface area contributed by atoms with E-state index in [0.29, 0.717) is 11.6 Å². The molecule has 0 radical (unpaired) electrons. The van der Waals surface area contributed by atoms with Gasteiger partial charge in [0.2, 0.25) is 0 Å². The van der Waals surface area contributed by atoms with Crippen molar-refractivity contribution >= 4 is 33.7 Å². The highest BCUT2D eigenvalue weighted by molar-refractivity contribution is 9.10. The van der Waals surface area contributed by atoms with Gasteiger partial charge in [-0.05, 0) is 27.9 Å². The Bertz CT molecular complexity index is 548. The number of carbonyl (C=O) groups is 1. The summed E-state index contributed by atoms with van der Waals surface area (Å²) in [7, 11) is 0. The van der Waals surface area contributed by atoms with Crippen LogP contribution in [0.5, 0.6) is 0 Å². The number of hydrogen-bond acceptors (Lipinski definition) is 4. The molecule has 0 fully saturated rings. The van der Waals surface area contributed by atoms with Crippen molar-refractivity contribution in [1.29, 1.82) is 0 Å². The summed E-state index contributed by atoms with van der Waals surface area (Å²) in [5.41, 5.74) is 0.986. The minimum absolute atomic E-state index is 0.445. The first-order chi connectivity index (χ1) is 9.15. The van der Waals surface area contributed by atoms with E-state index in [0.717, 1.165) is 21.8 Å². The Morgan fingerprint density at radius 3 is 2.47 bits per heavy atom. The second kappa shape index (κ2) is 6.68. The molecule has 0 amide bonds. The van der Waals surface area contributed by atoms with Crippen LogP contribution >= 0.6 is 27.7 Å². The molecule has 0 saturated carbocycles. The van der Waals surface area contributed by atoms with Gasteiger partial charge in [0.1, 0.15) is 5.25 Å². The zero-order valence-corrected chi connectivity index (χ0v) is 12.3. The molecule has 0 bridgehead atoms. The predicted octanol–water partition coefficient (Wildman–Crippen LogP) is 3.03. The van der Waals surface area contributed by atoms with Crippen LogP contribution in [0.1, 0.15) is 5.56 Å². The highest BCUT2D eigenvalue weighted by Crippen LogP contribution is 2.23. The zero-order valence-electron chi connectivity index (χ0n) is 9.86. The van der Waals surface area contributed by atoms with E-state index in [1.807, 2.05) is 30.3 Å². The third kappa shape index (κ3) is 4.33. The molecule has 1 aromatic heterocycles. The van der Waals surface area contributed by atoms with Crippen LogP contribution in [0.3, 0.4) is 0 Å². The maximum atomic E-state index is 11.3. The van der Waals surface area contributed by atoms with E-state index in [9.17, 15) is 9.90 Å². The van der Waals surface area contributed by atoms with Crippen molar-refractivity contribution in [2.24, 2.45) is 0 Å². The molecule has 0 aliphatic carbocycles. The molecule has 19 heavy (non-hydrogen) atoms. The highest BCUT2D eigenvalue weighted by atomic mass is 79.9. The quantitative estimate of drug-likeness (QED) is 0.670. The van der Waals surface area contributed by atoms with Gasteiger partial charge in [-0.1, -0.05) is 42.1 Å². The van der Waals surface area contributed by atoms with Crippen molar-refractivity contribution in [3.05, 3.63) is 52.8 Å². The van der Waals surface area contributed by atoms with Gasteiger partial charge in [-0.15, -0.1) is 0 Å². The Morgan fingerprint density at radius 2 is 1.89 bits per heavy atom. The summed E-state index contributed by atoms with van der Waals surface area (Å²) >= 11 is 4.40. The topological polar surface area (TPSA) is 63.1 Å². The lowest BCUT2D eigenvalue weighted by atomic mass is 10.1.